The second-order valence-corrected chi connectivity index (χ2v) is 9.05. The van der Waals surface area contributed by atoms with E-state index in [-0.39, 0.29) is 18.0 Å². The van der Waals surface area contributed by atoms with E-state index < -0.39 is 30.4 Å². The summed E-state index contributed by atoms with van der Waals surface area (Å²) in [7, 11) is 0. The van der Waals surface area contributed by atoms with E-state index in [1.165, 1.54) is 6.92 Å². The number of benzene rings is 3. The number of carbonyl (C=O) groups excluding carboxylic acids is 3. The Bertz CT molecular complexity index is 1290. The van der Waals surface area contributed by atoms with Crippen molar-refractivity contribution >= 4 is 44.9 Å². The topological polar surface area (TPSA) is 128 Å². The first-order valence-corrected chi connectivity index (χ1v) is 12.2. The second kappa shape index (κ2) is 13.4. The zero-order valence-corrected chi connectivity index (χ0v) is 21.6. The molecular formula is C28H26BrN3O5. The van der Waals surface area contributed by atoms with Crippen LogP contribution in [0.4, 0.5) is 11.4 Å². The van der Waals surface area contributed by atoms with Gasteiger partial charge in [0.1, 0.15) is 12.6 Å². The molecule has 37 heavy (non-hydrogen) atoms. The van der Waals surface area contributed by atoms with Crippen LogP contribution < -0.4 is 16.0 Å². The monoisotopic (exact) mass is 563 g/mol. The maximum atomic E-state index is 12.4. The molecule has 5 N–H and O–H groups in total. The SMILES string of the molecule is C[C@@H](O)[C@H](NC(=O)c1ccc(C#Cc2ccc(NC(=O)CNc3ccc(Br)cc3)cc2)cc1)C(=O)CO. The lowest BCUT2D eigenvalue weighted by molar-refractivity contribution is -0.125. The van der Waals surface area contributed by atoms with Gasteiger partial charge in [-0.2, -0.15) is 0 Å². The Hall–Kier alpha value is -3.97. The lowest BCUT2D eigenvalue weighted by atomic mass is 10.1. The zero-order valence-electron chi connectivity index (χ0n) is 20.0. The predicted octanol–water partition coefficient (Wildman–Crippen LogP) is 2.94. The van der Waals surface area contributed by atoms with Gasteiger partial charge in [-0.15, -0.1) is 0 Å². The van der Waals surface area contributed by atoms with Gasteiger partial charge >= 0.3 is 0 Å². The van der Waals surface area contributed by atoms with Crippen LogP contribution in [0.3, 0.4) is 0 Å². The number of nitrogens with one attached hydrogen (secondary N) is 3. The van der Waals surface area contributed by atoms with E-state index in [0.717, 1.165) is 15.7 Å². The molecule has 0 saturated carbocycles. The Balaban J connectivity index is 1.53. The van der Waals surface area contributed by atoms with E-state index in [0.29, 0.717) is 11.3 Å². The van der Waals surface area contributed by atoms with E-state index in [2.05, 4.69) is 43.7 Å². The van der Waals surface area contributed by atoms with Crippen LogP contribution in [-0.2, 0) is 9.59 Å². The highest BCUT2D eigenvalue weighted by Gasteiger charge is 2.25. The van der Waals surface area contributed by atoms with Gasteiger partial charge in [-0.05, 0) is 79.7 Å². The number of aliphatic hydroxyl groups is 2. The summed E-state index contributed by atoms with van der Waals surface area (Å²) in [6.45, 7) is 0.719. The van der Waals surface area contributed by atoms with Crippen LogP contribution >= 0.6 is 15.9 Å². The number of halogens is 1. The maximum Gasteiger partial charge on any atom is 0.251 e. The number of hydrogen-bond donors (Lipinski definition) is 5. The fourth-order valence-electron chi connectivity index (χ4n) is 3.23. The summed E-state index contributed by atoms with van der Waals surface area (Å²) in [6, 6.07) is 19.9. The largest absolute Gasteiger partial charge is 0.391 e. The van der Waals surface area contributed by atoms with Gasteiger partial charge < -0.3 is 26.2 Å². The molecule has 0 saturated heterocycles. The Labute approximate surface area is 223 Å². The molecule has 190 valence electrons. The van der Waals surface area contributed by atoms with Crippen LogP contribution in [0.2, 0.25) is 0 Å². The molecule has 3 aromatic rings. The van der Waals surface area contributed by atoms with Crippen molar-refractivity contribution in [2.75, 3.05) is 23.8 Å². The number of carbonyl (C=O) groups is 3. The van der Waals surface area contributed by atoms with E-state index in [9.17, 15) is 19.5 Å². The van der Waals surface area contributed by atoms with Crippen molar-refractivity contribution in [1.82, 2.24) is 5.32 Å². The van der Waals surface area contributed by atoms with Crippen LogP contribution in [0.1, 0.15) is 28.4 Å². The minimum atomic E-state index is -1.19. The first-order chi connectivity index (χ1) is 17.7. The van der Waals surface area contributed by atoms with E-state index in [1.807, 2.05) is 24.3 Å². The molecule has 0 heterocycles. The Morgan fingerprint density at radius 1 is 0.865 bits per heavy atom. The van der Waals surface area contributed by atoms with Crippen molar-refractivity contribution in [3.8, 4) is 11.8 Å². The molecule has 2 atom stereocenters. The molecule has 2 amide bonds. The number of aliphatic hydroxyl groups excluding tert-OH is 2. The van der Waals surface area contributed by atoms with Gasteiger partial charge in [0.25, 0.3) is 5.91 Å². The van der Waals surface area contributed by atoms with Gasteiger partial charge in [0.05, 0.1) is 12.6 Å². The first kappa shape index (κ1) is 27.6. The molecule has 0 fully saturated rings. The number of amides is 2. The maximum absolute atomic E-state index is 12.4. The van der Waals surface area contributed by atoms with Crippen molar-refractivity contribution in [2.24, 2.45) is 0 Å². The molecule has 0 aliphatic heterocycles. The lowest BCUT2D eigenvalue weighted by Gasteiger charge is -2.19. The normalized spacial score (nSPS) is 11.9. The standard InChI is InChI=1S/C28H26BrN3O5/c1-18(34)27(25(35)17-33)32-28(37)21-8-4-19(5-9-21)2-3-20-6-12-24(13-7-20)31-26(36)16-30-23-14-10-22(29)11-15-23/h4-15,18,27,30,33-34H,16-17H2,1H3,(H,31,36)(H,32,37)/t18-,27+/m1/s1. The van der Waals surface area contributed by atoms with Crippen LogP contribution in [0.15, 0.2) is 77.3 Å². The molecule has 8 nitrogen and oxygen atoms in total. The summed E-state index contributed by atoms with van der Waals surface area (Å²) >= 11 is 3.37. The molecular weight excluding hydrogens is 538 g/mol. The number of hydrogen-bond acceptors (Lipinski definition) is 6. The average Bonchev–Trinajstić information content (AvgIpc) is 2.90. The van der Waals surface area contributed by atoms with Crippen LogP contribution in [-0.4, -0.2) is 53.1 Å². The summed E-state index contributed by atoms with van der Waals surface area (Å²) in [6.07, 6.45) is -1.14. The lowest BCUT2D eigenvalue weighted by Crippen LogP contribution is -2.48. The molecule has 0 aliphatic carbocycles. The Kier molecular flexibility index (Phi) is 9.98. The van der Waals surface area contributed by atoms with Crippen molar-refractivity contribution in [2.45, 2.75) is 19.1 Å². The third kappa shape index (κ3) is 8.58. The van der Waals surface area contributed by atoms with Crippen LogP contribution in [0.25, 0.3) is 0 Å². The third-order valence-corrected chi connectivity index (χ3v) is 5.76. The third-order valence-electron chi connectivity index (χ3n) is 5.24. The molecule has 0 spiro atoms. The van der Waals surface area contributed by atoms with E-state index in [1.54, 1.807) is 48.5 Å². The zero-order chi connectivity index (χ0) is 26.8. The summed E-state index contributed by atoms with van der Waals surface area (Å²) in [5, 5.41) is 27.0. The second-order valence-electron chi connectivity index (χ2n) is 8.13. The van der Waals surface area contributed by atoms with Gasteiger partial charge in [-0.25, -0.2) is 0 Å². The number of Topliss-reactive ketones (excluding diaryl/α,β-unsaturated/α-hetero) is 1. The van der Waals surface area contributed by atoms with Crippen LogP contribution in [0, 0.1) is 11.8 Å². The summed E-state index contributed by atoms with van der Waals surface area (Å²) in [5.41, 5.74) is 3.20. The minimum Gasteiger partial charge on any atom is -0.391 e. The van der Waals surface area contributed by atoms with Gasteiger partial charge in [-0.1, -0.05) is 27.8 Å². The predicted molar refractivity (Wildman–Crippen MR) is 145 cm³/mol. The molecule has 0 bridgehead atoms. The highest BCUT2D eigenvalue weighted by atomic mass is 79.9. The average molecular weight is 564 g/mol. The summed E-state index contributed by atoms with van der Waals surface area (Å²) in [4.78, 5) is 36.3. The molecule has 0 unspecified atom stereocenters. The number of anilines is 2. The van der Waals surface area contributed by atoms with Crippen molar-refractivity contribution in [1.29, 1.82) is 0 Å². The van der Waals surface area contributed by atoms with Crippen molar-refractivity contribution in [3.05, 3.63) is 94.0 Å². The van der Waals surface area contributed by atoms with E-state index >= 15 is 0 Å². The molecule has 0 radical (unpaired) electrons. The molecule has 0 aromatic heterocycles. The molecule has 3 rings (SSSR count). The molecule has 0 aliphatic rings. The van der Waals surface area contributed by atoms with Gasteiger partial charge in [0.15, 0.2) is 5.78 Å². The molecule has 3 aromatic carbocycles. The van der Waals surface area contributed by atoms with Gasteiger partial charge in [0.2, 0.25) is 5.91 Å². The van der Waals surface area contributed by atoms with E-state index in [4.69, 9.17) is 5.11 Å². The first-order valence-electron chi connectivity index (χ1n) is 11.4. The fourth-order valence-corrected chi connectivity index (χ4v) is 3.50. The van der Waals surface area contributed by atoms with Crippen LogP contribution in [0.5, 0.6) is 0 Å². The summed E-state index contributed by atoms with van der Waals surface area (Å²) < 4.78 is 0.964. The number of ketones is 1. The Morgan fingerprint density at radius 2 is 1.41 bits per heavy atom. The highest BCUT2D eigenvalue weighted by Crippen LogP contribution is 2.14. The smallest absolute Gasteiger partial charge is 0.251 e. The quantitative estimate of drug-likeness (QED) is 0.255. The number of rotatable bonds is 9. The molecule has 9 heteroatoms. The fraction of sp³-hybridized carbons (Fsp3) is 0.179. The van der Waals surface area contributed by atoms with Gasteiger partial charge in [0, 0.05) is 32.5 Å². The highest BCUT2D eigenvalue weighted by molar-refractivity contribution is 9.10. The Morgan fingerprint density at radius 3 is 1.95 bits per heavy atom. The minimum absolute atomic E-state index is 0.134. The van der Waals surface area contributed by atoms with Crippen molar-refractivity contribution in [3.63, 3.8) is 0 Å². The van der Waals surface area contributed by atoms with Gasteiger partial charge in [-0.3, -0.25) is 14.4 Å². The summed E-state index contributed by atoms with van der Waals surface area (Å²) in [5.74, 6) is 4.64. The van der Waals surface area contributed by atoms with Crippen molar-refractivity contribution < 1.29 is 24.6 Å².